The molecule has 1 aliphatic heterocycles. The number of amides is 2. The normalized spacial score (nSPS) is 16.5. The van der Waals surface area contributed by atoms with Gasteiger partial charge in [0.2, 0.25) is 0 Å². The van der Waals surface area contributed by atoms with Crippen LogP contribution in [0.5, 0.6) is 0 Å². The molecule has 1 aromatic heterocycles. The average molecular weight is 350 g/mol. The summed E-state index contributed by atoms with van der Waals surface area (Å²) in [5.74, 6) is 0. The lowest BCUT2D eigenvalue weighted by Crippen LogP contribution is -2.41. The van der Waals surface area contributed by atoms with Crippen LogP contribution in [0.3, 0.4) is 0 Å². The minimum Gasteiger partial charge on any atom is -0.317 e. The quantitative estimate of drug-likeness (QED) is 0.857. The van der Waals surface area contributed by atoms with E-state index in [1.807, 2.05) is 4.68 Å². The first-order valence-corrected chi connectivity index (χ1v) is 8.22. The Hall–Kier alpha value is -2.51. The number of carbonyl (C=O) groups is 1. The lowest BCUT2D eigenvalue weighted by Gasteiger charge is -2.28. The number of hydrogen-bond donors (Lipinski definition) is 1. The van der Waals surface area contributed by atoms with Gasteiger partial charge in [-0.15, -0.1) is 0 Å². The molecule has 0 radical (unpaired) electrons. The zero-order valence-electron chi connectivity index (χ0n) is 13.4. The number of nitrogens with zero attached hydrogens (tertiary/aromatic N) is 3. The second kappa shape index (κ2) is 5.79. The summed E-state index contributed by atoms with van der Waals surface area (Å²) in [6.45, 7) is 1.53. The molecule has 0 spiro atoms. The molecule has 1 N–H and O–H groups in total. The van der Waals surface area contributed by atoms with Crippen LogP contribution in [0.15, 0.2) is 24.3 Å². The van der Waals surface area contributed by atoms with Crippen molar-refractivity contribution in [3.63, 3.8) is 0 Å². The van der Waals surface area contributed by atoms with Gasteiger partial charge in [0.1, 0.15) is 0 Å². The van der Waals surface area contributed by atoms with Crippen molar-refractivity contribution in [2.45, 2.75) is 38.5 Å². The summed E-state index contributed by atoms with van der Waals surface area (Å²) < 4.78 is 40.3. The summed E-state index contributed by atoms with van der Waals surface area (Å²) in [6.07, 6.45) is -1.39. The Morgan fingerprint density at radius 3 is 2.84 bits per heavy atom. The Bertz CT molecular complexity index is 828. The number of rotatable bonds is 1. The molecule has 1 aliphatic carbocycles. The van der Waals surface area contributed by atoms with Crippen molar-refractivity contribution in [2.24, 2.45) is 0 Å². The van der Waals surface area contributed by atoms with Crippen LogP contribution in [-0.2, 0) is 32.1 Å². The Morgan fingerprint density at radius 1 is 1.20 bits per heavy atom. The summed E-state index contributed by atoms with van der Waals surface area (Å²) >= 11 is 0. The Labute approximate surface area is 142 Å². The molecule has 2 aliphatic rings. The van der Waals surface area contributed by atoms with Gasteiger partial charge in [-0.3, -0.25) is 4.68 Å². The van der Waals surface area contributed by atoms with Gasteiger partial charge in [-0.1, -0.05) is 6.07 Å². The van der Waals surface area contributed by atoms with Crippen LogP contribution < -0.4 is 5.32 Å². The number of benzene rings is 1. The van der Waals surface area contributed by atoms with Crippen LogP contribution in [0.25, 0.3) is 0 Å². The number of carbonyl (C=O) groups excluding carboxylic acids is 1. The first kappa shape index (κ1) is 16.0. The third-order valence-electron chi connectivity index (χ3n) is 4.74. The van der Waals surface area contributed by atoms with E-state index < -0.39 is 17.8 Å². The van der Waals surface area contributed by atoms with Gasteiger partial charge in [0.25, 0.3) is 0 Å². The lowest BCUT2D eigenvalue weighted by molar-refractivity contribution is -0.137. The van der Waals surface area contributed by atoms with Crippen LogP contribution >= 0.6 is 0 Å². The lowest BCUT2D eigenvalue weighted by atomic mass is 10.1. The summed E-state index contributed by atoms with van der Waals surface area (Å²) in [5.41, 5.74) is 2.77. The summed E-state index contributed by atoms with van der Waals surface area (Å²) in [7, 11) is 0. The molecule has 4 rings (SSSR count). The van der Waals surface area contributed by atoms with E-state index in [2.05, 4.69) is 10.4 Å². The fraction of sp³-hybridized carbons (Fsp3) is 0.412. The maximum absolute atomic E-state index is 12.8. The minimum absolute atomic E-state index is 0.143. The van der Waals surface area contributed by atoms with Crippen LogP contribution in [0.1, 0.15) is 28.9 Å². The second-order valence-corrected chi connectivity index (χ2v) is 6.38. The smallest absolute Gasteiger partial charge is 0.317 e. The van der Waals surface area contributed by atoms with E-state index >= 15 is 0 Å². The van der Waals surface area contributed by atoms with Crippen LogP contribution in [0, 0.1) is 0 Å². The highest BCUT2D eigenvalue weighted by molar-refractivity contribution is 5.89. The minimum atomic E-state index is -4.43. The maximum Gasteiger partial charge on any atom is 0.416 e. The van der Waals surface area contributed by atoms with E-state index in [1.54, 1.807) is 4.90 Å². The molecule has 0 saturated heterocycles. The Kier molecular flexibility index (Phi) is 3.70. The van der Waals surface area contributed by atoms with Crippen LogP contribution in [0.4, 0.5) is 23.7 Å². The van der Waals surface area contributed by atoms with Crippen molar-refractivity contribution in [1.29, 1.82) is 0 Å². The molecule has 0 fully saturated rings. The predicted molar refractivity (Wildman–Crippen MR) is 85.1 cm³/mol. The van der Waals surface area contributed by atoms with Gasteiger partial charge < -0.3 is 10.2 Å². The number of aromatic nitrogens is 2. The molecule has 0 unspecified atom stereocenters. The fourth-order valence-corrected chi connectivity index (χ4v) is 3.50. The predicted octanol–water partition coefficient (Wildman–Crippen LogP) is 3.44. The monoisotopic (exact) mass is 350 g/mol. The van der Waals surface area contributed by atoms with Gasteiger partial charge in [-0.25, -0.2) is 4.79 Å². The second-order valence-electron chi connectivity index (χ2n) is 6.38. The van der Waals surface area contributed by atoms with E-state index in [0.717, 1.165) is 42.8 Å². The summed E-state index contributed by atoms with van der Waals surface area (Å²) in [6, 6.07) is 4.29. The molecule has 2 aromatic rings. The van der Waals surface area contributed by atoms with Crippen molar-refractivity contribution < 1.29 is 18.0 Å². The van der Waals surface area contributed by atoms with Gasteiger partial charge in [0.05, 0.1) is 30.0 Å². The molecule has 132 valence electrons. The summed E-state index contributed by atoms with van der Waals surface area (Å²) in [4.78, 5) is 14.1. The largest absolute Gasteiger partial charge is 0.416 e. The molecule has 2 amide bonds. The number of halogens is 3. The zero-order valence-corrected chi connectivity index (χ0v) is 13.4. The molecule has 0 atom stereocenters. The van der Waals surface area contributed by atoms with Crippen LogP contribution in [0.2, 0.25) is 0 Å². The van der Waals surface area contributed by atoms with E-state index in [-0.39, 0.29) is 5.69 Å². The molecule has 0 bridgehead atoms. The average Bonchev–Trinajstić information content (AvgIpc) is 3.14. The third-order valence-corrected chi connectivity index (χ3v) is 4.74. The molecule has 2 heterocycles. The van der Waals surface area contributed by atoms with Crippen molar-refractivity contribution in [3.8, 4) is 0 Å². The van der Waals surface area contributed by atoms with Gasteiger partial charge in [-0.2, -0.15) is 18.3 Å². The van der Waals surface area contributed by atoms with Crippen molar-refractivity contribution >= 4 is 11.7 Å². The number of anilines is 1. The highest BCUT2D eigenvalue weighted by Crippen LogP contribution is 2.31. The van der Waals surface area contributed by atoms with Gasteiger partial charge in [0, 0.05) is 12.2 Å². The van der Waals surface area contributed by atoms with Crippen molar-refractivity contribution in [1.82, 2.24) is 14.7 Å². The SMILES string of the molecule is O=C(Nc1cccc(C(F)(F)F)c1)N1CCn2nc3c(c2C1)CCC3. The fourth-order valence-electron chi connectivity index (χ4n) is 3.50. The standard InChI is InChI=1S/C17H17F3N4O/c18-17(19,20)11-3-1-4-12(9-11)21-16(25)23-7-8-24-15(10-23)13-5-2-6-14(13)22-24/h1,3-4,9H,2,5-8,10H2,(H,21,25). The van der Waals surface area contributed by atoms with E-state index in [9.17, 15) is 18.0 Å². The molecule has 0 saturated carbocycles. The number of hydrogen-bond acceptors (Lipinski definition) is 2. The number of fused-ring (bicyclic) bond motifs is 3. The first-order valence-electron chi connectivity index (χ1n) is 8.22. The van der Waals surface area contributed by atoms with Crippen LogP contribution in [-0.4, -0.2) is 27.3 Å². The maximum atomic E-state index is 12.8. The zero-order chi connectivity index (χ0) is 17.6. The van der Waals surface area contributed by atoms with Gasteiger partial charge in [-0.05, 0) is 43.0 Å². The number of urea groups is 1. The van der Waals surface area contributed by atoms with Crippen molar-refractivity contribution in [3.05, 3.63) is 46.8 Å². The number of nitrogens with one attached hydrogen (secondary N) is 1. The number of aryl methyl sites for hydroxylation is 1. The topological polar surface area (TPSA) is 50.2 Å². The molecular weight excluding hydrogens is 333 g/mol. The first-order chi connectivity index (χ1) is 11.9. The molecular formula is C17H17F3N4O. The van der Waals surface area contributed by atoms with E-state index in [1.165, 1.54) is 17.7 Å². The van der Waals surface area contributed by atoms with E-state index in [4.69, 9.17) is 0 Å². The molecule has 8 heteroatoms. The van der Waals surface area contributed by atoms with Gasteiger partial charge >= 0.3 is 12.2 Å². The summed E-state index contributed by atoms with van der Waals surface area (Å²) in [5, 5.41) is 7.15. The Morgan fingerprint density at radius 2 is 2.04 bits per heavy atom. The Balaban J connectivity index is 1.49. The molecule has 25 heavy (non-hydrogen) atoms. The highest BCUT2D eigenvalue weighted by Gasteiger charge is 2.31. The van der Waals surface area contributed by atoms with E-state index in [0.29, 0.717) is 19.6 Å². The highest BCUT2D eigenvalue weighted by atomic mass is 19.4. The number of alkyl halides is 3. The third kappa shape index (κ3) is 2.96. The molecule has 5 nitrogen and oxygen atoms in total. The van der Waals surface area contributed by atoms with Crippen molar-refractivity contribution in [2.75, 3.05) is 11.9 Å². The molecule has 1 aromatic carbocycles. The van der Waals surface area contributed by atoms with Gasteiger partial charge in [0.15, 0.2) is 0 Å².